The van der Waals surface area contributed by atoms with Gasteiger partial charge in [0.25, 0.3) is 15.9 Å². The lowest BCUT2D eigenvalue weighted by atomic mass is 10.2. The minimum Gasteiger partial charge on any atom is -0.452 e. The number of para-hydroxylation sites is 1. The summed E-state index contributed by atoms with van der Waals surface area (Å²) >= 11 is 5.78. The number of anilines is 2. The summed E-state index contributed by atoms with van der Waals surface area (Å²) in [5, 5.41) is 3.11. The topological polar surface area (TPSA) is 92.8 Å². The second kappa shape index (κ2) is 9.63. The molecule has 0 saturated heterocycles. The van der Waals surface area contributed by atoms with Crippen molar-refractivity contribution in [2.75, 3.05) is 23.3 Å². The first kappa shape index (κ1) is 22.3. The third-order valence-electron chi connectivity index (χ3n) is 4.33. The number of carbonyl (C=O) groups is 2. The highest BCUT2D eigenvalue weighted by atomic mass is 35.5. The van der Waals surface area contributed by atoms with Gasteiger partial charge >= 0.3 is 5.97 Å². The van der Waals surface area contributed by atoms with Crippen LogP contribution in [0.3, 0.4) is 0 Å². The summed E-state index contributed by atoms with van der Waals surface area (Å²) in [6, 6.07) is 20.4. The number of nitrogens with zero attached hydrogens (tertiary/aromatic N) is 1. The summed E-state index contributed by atoms with van der Waals surface area (Å²) in [5.74, 6) is -1.26. The van der Waals surface area contributed by atoms with Crippen LogP contribution in [0, 0.1) is 0 Å². The largest absolute Gasteiger partial charge is 0.452 e. The Labute approximate surface area is 185 Å². The molecule has 9 heteroatoms. The number of halogens is 1. The average molecular weight is 459 g/mol. The maximum Gasteiger partial charge on any atom is 0.338 e. The van der Waals surface area contributed by atoms with E-state index in [1.807, 2.05) is 0 Å². The van der Waals surface area contributed by atoms with E-state index in [0.29, 0.717) is 16.4 Å². The quantitative estimate of drug-likeness (QED) is 0.541. The van der Waals surface area contributed by atoms with Gasteiger partial charge in [-0.15, -0.1) is 0 Å². The molecule has 3 aromatic carbocycles. The van der Waals surface area contributed by atoms with E-state index in [1.165, 1.54) is 31.3 Å². The molecule has 0 unspecified atom stereocenters. The zero-order chi connectivity index (χ0) is 22.4. The molecule has 160 valence electrons. The molecule has 3 aromatic rings. The zero-order valence-electron chi connectivity index (χ0n) is 16.5. The van der Waals surface area contributed by atoms with Gasteiger partial charge < -0.3 is 10.1 Å². The molecule has 0 radical (unpaired) electrons. The predicted molar refractivity (Wildman–Crippen MR) is 119 cm³/mol. The minimum atomic E-state index is -3.79. The lowest BCUT2D eigenvalue weighted by Crippen LogP contribution is -2.26. The summed E-state index contributed by atoms with van der Waals surface area (Å²) < 4.78 is 31.7. The van der Waals surface area contributed by atoms with Crippen molar-refractivity contribution in [3.63, 3.8) is 0 Å². The van der Waals surface area contributed by atoms with Crippen LogP contribution in [0.2, 0.25) is 5.02 Å². The third kappa shape index (κ3) is 5.62. The fourth-order valence-corrected chi connectivity index (χ4v) is 3.96. The Morgan fingerprint density at radius 3 is 2.16 bits per heavy atom. The number of hydrogen-bond acceptors (Lipinski definition) is 5. The van der Waals surface area contributed by atoms with Crippen molar-refractivity contribution < 1.29 is 22.7 Å². The van der Waals surface area contributed by atoms with Crippen LogP contribution in [0.1, 0.15) is 10.4 Å². The Bertz CT molecular complexity index is 1160. The predicted octanol–water partition coefficient (Wildman–Crippen LogP) is 3.96. The molecule has 31 heavy (non-hydrogen) atoms. The number of rotatable bonds is 7. The maximum absolute atomic E-state index is 12.8. The van der Waals surface area contributed by atoms with Crippen LogP contribution in [-0.4, -0.2) is 33.9 Å². The molecule has 7 nitrogen and oxygen atoms in total. The summed E-state index contributed by atoms with van der Waals surface area (Å²) in [4.78, 5) is 24.1. The van der Waals surface area contributed by atoms with Crippen molar-refractivity contribution >= 4 is 44.9 Å². The number of carbonyl (C=O) groups excluding carboxylic acids is 2. The van der Waals surface area contributed by atoms with E-state index in [9.17, 15) is 18.0 Å². The Morgan fingerprint density at radius 1 is 0.935 bits per heavy atom. The number of ether oxygens (including phenoxy) is 1. The lowest BCUT2D eigenvalue weighted by Gasteiger charge is -2.19. The number of benzene rings is 3. The molecule has 0 aromatic heterocycles. The van der Waals surface area contributed by atoms with Gasteiger partial charge in [0.05, 0.1) is 16.1 Å². The highest BCUT2D eigenvalue weighted by Crippen LogP contribution is 2.22. The van der Waals surface area contributed by atoms with Crippen LogP contribution >= 0.6 is 11.6 Å². The summed E-state index contributed by atoms with van der Waals surface area (Å²) in [5.41, 5.74) is 1.15. The van der Waals surface area contributed by atoms with E-state index < -0.39 is 28.5 Å². The molecule has 0 heterocycles. The van der Waals surface area contributed by atoms with Gasteiger partial charge in [0, 0.05) is 17.8 Å². The van der Waals surface area contributed by atoms with E-state index in [2.05, 4.69) is 5.32 Å². The highest BCUT2D eigenvalue weighted by molar-refractivity contribution is 7.92. The van der Waals surface area contributed by atoms with Crippen molar-refractivity contribution in [3.8, 4) is 0 Å². The van der Waals surface area contributed by atoms with Gasteiger partial charge in [-0.2, -0.15) is 0 Å². The molecular formula is C22H19ClN2O5S. The zero-order valence-corrected chi connectivity index (χ0v) is 18.1. The van der Waals surface area contributed by atoms with Crippen molar-refractivity contribution in [1.82, 2.24) is 0 Å². The third-order valence-corrected chi connectivity index (χ3v) is 6.38. The van der Waals surface area contributed by atoms with Crippen molar-refractivity contribution in [1.29, 1.82) is 0 Å². The van der Waals surface area contributed by atoms with Gasteiger partial charge in [-0.3, -0.25) is 9.10 Å². The second-order valence-electron chi connectivity index (χ2n) is 6.46. The van der Waals surface area contributed by atoms with E-state index in [-0.39, 0.29) is 10.5 Å². The number of esters is 1. The average Bonchev–Trinajstić information content (AvgIpc) is 2.79. The molecule has 0 atom stereocenters. The van der Waals surface area contributed by atoms with Gasteiger partial charge in [0.15, 0.2) is 6.61 Å². The first-order valence-electron chi connectivity index (χ1n) is 9.14. The van der Waals surface area contributed by atoms with Gasteiger partial charge in [-0.25, -0.2) is 13.2 Å². The molecule has 0 aliphatic carbocycles. The van der Waals surface area contributed by atoms with Gasteiger partial charge in [0.2, 0.25) is 0 Å². The summed E-state index contributed by atoms with van der Waals surface area (Å²) in [6.45, 7) is -0.488. The van der Waals surface area contributed by atoms with E-state index in [4.69, 9.17) is 16.3 Å². The molecule has 1 N–H and O–H groups in total. The van der Waals surface area contributed by atoms with E-state index in [1.54, 1.807) is 54.6 Å². The molecule has 3 rings (SSSR count). The van der Waals surface area contributed by atoms with Crippen molar-refractivity contribution in [2.45, 2.75) is 4.90 Å². The summed E-state index contributed by atoms with van der Waals surface area (Å²) in [7, 11) is -2.34. The standard InChI is InChI=1S/C22H19ClN2O5S/c1-25(19-5-3-2-4-6-19)31(28,29)20-13-7-16(8-14-20)22(27)30-15-21(26)24-18-11-9-17(23)10-12-18/h2-14H,15H2,1H3,(H,24,26). The van der Waals surface area contributed by atoms with Crippen LogP contribution in [-0.2, 0) is 19.6 Å². The Hall–Kier alpha value is -3.36. The fraction of sp³-hybridized carbons (Fsp3) is 0.0909. The fourth-order valence-electron chi connectivity index (χ4n) is 2.64. The van der Waals surface area contributed by atoms with Crippen LogP contribution in [0.15, 0.2) is 83.8 Å². The Morgan fingerprint density at radius 2 is 1.55 bits per heavy atom. The van der Waals surface area contributed by atoms with Gasteiger partial charge in [0.1, 0.15) is 0 Å². The van der Waals surface area contributed by atoms with Crippen LogP contribution in [0.25, 0.3) is 0 Å². The van der Waals surface area contributed by atoms with Crippen molar-refractivity contribution in [3.05, 3.63) is 89.4 Å². The molecule has 1 amide bonds. The molecule has 0 aliphatic rings. The monoisotopic (exact) mass is 458 g/mol. The first-order valence-corrected chi connectivity index (χ1v) is 11.0. The summed E-state index contributed by atoms with van der Waals surface area (Å²) in [6.07, 6.45) is 0. The number of hydrogen-bond donors (Lipinski definition) is 1. The molecule has 0 bridgehead atoms. The van der Waals surface area contributed by atoms with Crippen LogP contribution < -0.4 is 9.62 Å². The minimum absolute atomic E-state index is 0.0240. The molecule has 0 fully saturated rings. The van der Waals surface area contributed by atoms with Gasteiger partial charge in [-0.05, 0) is 60.7 Å². The molecule has 0 spiro atoms. The van der Waals surface area contributed by atoms with E-state index >= 15 is 0 Å². The molecule has 0 saturated carbocycles. The highest BCUT2D eigenvalue weighted by Gasteiger charge is 2.21. The number of sulfonamides is 1. The SMILES string of the molecule is CN(c1ccccc1)S(=O)(=O)c1ccc(C(=O)OCC(=O)Nc2ccc(Cl)cc2)cc1. The van der Waals surface area contributed by atoms with Crippen LogP contribution in [0.4, 0.5) is 11.4 Å². The second-order valence-corrected chi connectivity index (χ2v) is 8.87. The normalized spacial score (nSPS) is 10.9. The first-order chi connectivity index (χ1) is 14.8. The number of amides is 1. The Balaban J connectivity index is 1.60. The Kier molecular flexibility index (Phi) is 6.94. The van der Waals surface area contributed by atoms with E-state index in [0.717, 1.165) is 4.31 Å². The van der Waals surface area contributed by atoms with Gasteiger partial charge in [-0.1, -0.05) is 29.8 Å². The molecule has 0 aliphatic heterocycles. The molecular weight excluding hydrogens is 440 g/mol. The maximum atomic E-state index is 12.8. The smallest absolute Gasteiger partial charge is 0.338 e. The lowest BCUT2D eigenvalue weighted by molar-refractivity contribution is -0.119. The van der Waals surface area contributed by atoms with Crippen LogP contribution in [0.5, 0.6) is 0 Å². The number of nitrogens with one attached hydrogen (secondary N) is 1. The van der Waals surface area contributed by atoms with Crippen molar-refractivity contribution in [2.24, 2.45) is 0 Å².